The van der Waals surface area contributed by atoms with Gasteiger partial charge in [0.05, 0.1) is 0 Å². The van der Waals surface area contributed by atoms with Gasteiger partial charge in [0, 0.05) is 25.7 Å². The van der Waals surface area contributed by atoms with E-state index in [1.54, 1.807) is 0 Å². The molecule has 2 fully saturated rings. The van der Waals surface area contributed by atoms with E-state index >= 15 is 0 Å². The quantitative estimate of drug-likeness (QED) is 0.699. The maximum atomic E-state index is 3.64. The van der Waals surface area contributed by atoms with Crippen molar-refractivity contribution in [1.82, 2.24) is 10.2 Å². The van der Waals surface area contributed by atoms with Crippen molar-refractivity contribution in [2.45, 2.75) is 58.4 Å². The molecular weight excluding hydrogens is 208 g/mol. The first-order valence-corrected chi connectivity index (χ1v) is 7.73. The van der Waals surface area contributed by atoms with Crippen LogP contribution in [-0.2, 0) is 0 Å². The first kappa shape index (κ1) is 13.4. The van der Waals surface area contributed by atoms with E-state index in [-0.39, 0.29) is 0 Å². The predicted octanol–water partition coefficient (Wildman–Crippen LogP) is 2.89. The van der Waals surface area contributed by atoms with E-state index in [4.69, 9.17) is 0 Å². The van der Waals surface area contributed by atoms with Crippen LogP contribution >= 0.6 is 0 Å². The van der Waals surface area contributed by atoms with E-state index in [1.807, 2.05) is 0 Å². The summed E-state index contributed by atoms with van der Waals surface area (Å²) in [5, 5.41) is 3.64. The Hall–Kier alpha value is -0.0800. The van der Waals surface area contributed by atoms with Gasteiger partial charge in [0.15, 0.2) is 0 Å². The first-order valence-electron chi connectivity index (χ1n) is 7.73. The molecule has 1 heterocycles. The van der Waals surface area contributed by atoms with Crippen LogP contribution in [0.2, 0.25) is 0 Å². The number of hydrogen-bond acceptors (Lipinski definition) is 2. The Morgan fingerprint density at radius 2 is 2.06 bits per heavy atom. The number of rotatable bonds is 8. The second-order valence-electron chi connectivity index (χ2n) is 6.35. The van der Waals surface area contributed by atoms with E-state index in [1.165, 1.54) is 64.7 Å². The summed E-state index contributed by atoms with van der Waals surface area (Å²) in [5.41, 5.74) is 0. The summed E-state index contributed by atoms with van der Waals surface area (Å²) in [4.78, 5) is 2.75. The highest BCUT2D eigenvalue weighted by molar-refractivity contribution is 4.83. The maximum absolute atomic E-state index is 3.64. The molecule has 1 saturated carbocycles. The minimum absolute atomic E-state index is 0.780. The van der Waals surface area contributed by atoms with Crippen molar-refractivity contribution in [2.75, 3.05) is 26.2 Å². The fourth-order valence-electron chi connectivity index (χ4n) is 3.14. The average molecular weight is 238 g/mol. The van der Waals surface area contributed by atoms with Crippen molar-refractivity contribution >= 4 is 0 Å². The van der Waals surface area contributed by atoms with E-state index in [0.717, 1.165) is 17.9 Å². The van der Waals surface area contributed by atoms with Gasteiger partial charge in [-0.25, -0.2) is 0 Å². The van der Waals surface area contributed by atoms with Gasteiger partial charge in [-0.2, -0.15) is 0 Å². The molecule has 2 rings (SSSR count). The molecule has 2 aliphatic rings. The summed E-state index contributed by atoms with van der Waals surface area (Å²) in [6.45, 7) is 9.96. The molecule has 0 spiro atoms. The number of nitrogens with one attached hydrogen (secondary N) is 1. The summed E-state index contributed by atoms with van der Waals surface area (Å²) in [7, 11) is 0. The molecule has 2 heteroatoms. The Morgan fingerprint density at radius 1 is 1.24 bits per heavy atom. The summed E-state index contributed by atoms with van der Waals surface area (Å²) in [5.74, 6) is 1.91. The van der Waals surface area contributed by atoms with Gasteiger partial charge >= 0.3 is 0 Å². The van der Waals surface area contributed by atoms with Crippen LogP contribution in [0.4, 0.5) is 0 Å². The van der Waals surface area contributed by atoms with Crippen LogP contribution in [0.15, 0.2) is 0 Å². The molecule has 0 aromatic heterocycles. The monoisotopic (exact) mass is 238 g/mol. The smallest absolute Gasteiger partial charge is 0.0195 e. The lowest BCUT2D eigenvalue weighted by atomic mass is 10.0. The zero-order valence-corrected chi connectivity index (χ0v) is 11.8. The third-order valence-electron chi connectivity index (χ3n) is 4.21. The SMILES string of the molecule is CCCC(C)CN(CC1CC1)CC1CCCN1. The van der Waals surface area contributed by atoms with E-state index in [2.05, 4.69) is 24.1 Å². The minimum Gasteiger partial charge on any atom is -0.313 e. The summed E-state index contributed by atoms with van der Waals surface area (Å²) >= 11 is 0. The van der Waals surface area contributed by atoms with Crippen LogP contribution in [0.5, 0.6) is 0 Å². The molecule has 1 aliphatic carbocycles. The molecule has 0 bridgehead atoms. The fraction of sp³-hybridized carbons (Fsp3) is 1.00. The summed E-state index contributed by atoms with van der Waals surface area (Å²) in [6, 6.07) is 0.780. The minimum atomic E-state index is 0.780. The van der Waals surface area contributed by atoms with Gasteiger partial charge in [0.2, 0.25) is 0 Å². The van der Waals surface area contributed by atoms with Gasteiger partial charge < -0.3 is 10.2 Å². The average Bonchev–Trinajstić information content (AvgIpc) is 2.93. The Balaban J connectivity index is 1.74. The molecule has 1 N–H and O–H groups in total. The molecule has 0 amide bonds. The third kappa shape index (κ3) is 4.97. The van der Waals surface area contributed by atoms with Gasteiger partial charge in [-0.1, -0.05) is 20.3 Å². The van der Waals surface area contributed by atoms with E-state index < -0.39 is 0 Å². The Kier molecular flexibility index (Phi) is 5.30. The molecule has 2 atom stereocenters. The molecule has 1 saturated heterocycles. The van der Waals surface area contributed by atoms with Crippen molar-refractivity contribution in [1.29, 1.82) is 0 Å². The molecule has 2 unspecified atom stereocenters. The second kappa shape index (κ2) is 6.75. The zero-order valence-electron chi connectivity index (χ0n) is 11.8. The lowest BCUT2D eigenvalue weighted by molar-refractivity contribution is 0.205. The lowest BCUT2D eigenvalue weighted by Gasteiger charge is -2.28. The van der Waals surface area contributed by atoms with Crippen LogP contribution in [-0.4, -0.2) is 37.1 Å². The normalized spacial score (nSPS) is 26.6. The zero-order chi connectivity index (χ0) is 12.1. The second-order valence-corrected chi connectivity index (χ2v) is 6.35. The standard InChI is InChI=1S/C15H30N2/c1-3-5-13(2)10-17(11-14-7-8-14)12-15-6-4-9-16-15/h13-16H,3-12H2,1-2H3. The fourth-order valence-corrected chi connectivity index (χ4v) is 3.14. The van der Waals surface area contributed by atoms with Gasteiger partial charge in [-0.3, -0.25) is 0 Å². The molecular formula is C15H30N2. The van der Waals surface area contributed by atoms with Crippen LogP contribution in [0.1, 0.15) is 52.4 Å². The first-order chi connectivity index (χ1) is 8.28. The lowest BCUT2D eigenvalue weighted by Crippen LogP contribution is -2.40. The van der Waals surface area contributed by atoms with Crippen molar-refractivity contribution in [2.24, 2.45) is 11.8 Å². The van der Waals surface area contributed by atoms with Gasteiger partial charge in [-0.05, 0) is 50.5 Å². The summed E-state index contributed by atoms with van der Waals surface area (Å²) < 4.78 is 0. The van der Waals surface area contributed by atoms with Crippen molar-refractivity contribution in [3.05, 3.63) is 0 Å². The van der Waals surface area contributed by atoms with Crippen LogP contribution in [0.3, 0.4) is 0 Å². The Bertz CT molecular complexity index is 207. The Morgan fingerprint density at radius 3 is 2.65 bits per heavy atom. The van der Waals surface area contributed by atoms with Crippen molar-refractivity contribution in [3.8, 4) is 0 Å². The van der Waals surface area contributed by atoms with Gasteiger partial charge in [0.25, 0.3) is 0 Å². The van der Waals surface area contributed by atoms with Crippen molar-refractivity contribution in [3.63, 3.8) is 0 Å². The number of nitrogens with zero attached hydrogens (tertiary/aromatic N) is 1. The largest absolute Gasteiger partial charge is 0.313 e. The molecule has 0 radical (unpaired) electrons. The van der Waals surface area contributed by atoms with Gasteiger partial charge in [0.1, 0.15) is 0 Å². The Labute approximate surface area is 107 Å². The van der Waals surface area contributed by atoms with E-state index in [0.29, 0.717) is 0 Å². The highest BCUT2D eigenvalue weighted by Crippen LogP contribution is 2.30. The van der Waals surface area contributed by atoms with Crippen LogP contribution in [0.25, 0.3) is 0 Å². The summed E-state index contributed by atoms with van der Waals surface area (Å²) in [6.07, 6.45) is 8.46. The maximum Gasteiger partial charge on any atom is 0.0195 e. The molecule has 17 heavy (non-hydrogen) atoms. The molecule has 1 aliphatic heterocycles. The highest BCUT2D eigenvalue weighted by Gasteiger charge is 2.26. The van der Waals surface area contributed by atoms with Crippen molar-refractivity contribution < 1.29 is 0 Å². The highest BCUT2D eigenvalue weighted by atomic mass is 15.2. The van der Waals surface area contributed by atoms with Gasteiger partial charge in [-0.15, -0.1) is 0 Å². The van der Waals surface area contributed by atoms with Crippen LogP contribution in [0, 0.1) is 11.8 Å². The van der Waals surface area contributed by atoms with E-state index in [9.17, 15) is 0 Å². The molecule has 2 nitrogen and oxygen atoms in total. The number of hydrogen-bond donors (Lipinski definition) is 1. The predicted molar refractivity (Wildman–Crippen MR) is 74.3 cm³/mol. The third-order valence-corrected chi connectivity index (χ3v) is 4.21. The topological polar surface area (TPSA) is 15.3 Å². The molecule has 0 aromatic carbocycles. The molecule has 100 valence electrons. The molecule has 0 aromatic rings. The van der Waals surface area contributed by atoms with Crippen LogP contribution < -0.4 is 5.32 Å².